The summed E-state index contributed by atoms with van der Waals surface area (Å²) < 4.78 is 0. The fourth-order valence-electron chi connectivity index (χ4n) is 2.46. The van der Waals surface area contributed by atoms with E-state index in [9.17, 15) is 9.59 Å². The van der Waals surface area contributed by atoms with Crippen LogP contribution in [0.3, 0.4) is 0 Å². The van der Waals surface area contributed by atoms with E-state index in [4.69, 9.17) is 5.11 Å². The van der Waals surface area contributed by atoms with E-state index in [1.165, 1.54) is 0 Å². The molecule has 0 unspecified atom stereocenters. The summed E-state index contributed by atoms with van der Waals surface area (Å²) in [7, 11) is 0. The largest absolute Gasteiger partial charge is 0.481 e. The van der Waals surface area contributed by atoms with Crippen LogP contribution >= 0.6 is 0 Å². The Morgan fingerprint density at radius 1 is 1.40 bits per heavy atom. The predicted molar refractivity (Wildman–Crippen MR) is 78.3 cm³/mol. The highest BCUT2D eigenvalue weighted by atomic mass is 16.4. The second-order valence-corrected chi connectivity index (χ2v) is 5.43. The van der Waals surface area contributed by atoms with E-state index < -0.39 is 5.97 Å². The van der Waals surface area contributed by atoms with E-state index >= 15 is 0 Å². The molecular weight excluding hydrogens is 256 g/mol. The molecule has 5 nitrogen and oxygen atoms in total. The lowest BCUT2D eigenvalue weighted by atomic mass is 10.2. The SMILES string of the molecule is CCN(C(=O)CN(CCC(=O)O)C(C)C)C1=CCCC1. The molecule has 1 aliphatic rings. The summed E-state index contributed by atoms with van der Waals surface area (Å²) in [5.41, 5.74) is 1.12. The molecule has 0 aromatic rings. The molecule has 0 spiro atoms. The van der Waals surface area contributed by atoms with Gasteiger partial charge in [-0.15, -0.1) is 0 Å². The number of carbonyl (C=O) groups excluding carboxylic acids is 1. The smallest absolute Gasteiger partial charge is 0.304 e. The number of carbonyl (C=O) groups is 2. The van der Waals surface area contributed by atoms with Crippen molar-refractivity contribution in [2.24, 2.45) is 0 Å². The maximum Gasteiger partial charge on any atom is 0.304 e. The van der Waals surface area contributed by atoms with Crippen LogP contribution in [0.5, 0.6) is 0 Å². The number of nitrogens with zero attached hydrogens (tertiary/aromatic N) is 2. The summed E-state index contributed by atoms with van der Waals surface area (Å²) in [6, 6.07) is 0.162. The summed E-state index contributed by atoms with van der Waals surface area (Å²) in [5.74, 6) is -0.756. The maximum absolute atomic E-state index is 12.4. The third kappa shape index (κ3) is 4.96. The lowest BCUT2D eigenvalue weighted by molar-refractivity contribution is -0.138. The van der Waals surface area contributed by atoms with Crippen LogP contribution in [0.2, 0.25) is 0 Å². The number of aliphatic carboxylic acids is 1. The highest BCUT2D eigenvalue weighted by Crippen LogP contribution is 2.21. The highest BCUT2D eigenvalue weighted by molar-refractivity contribution is 5.80. The zero-order valence-corrected chi connectivity index (χ0v) is 12.8. The zero-order chi connectivity index (χ0) is 15.1. The van der Waals surface area contributed by atoms with Crippen molar-refractivity contribution in [3.05, 3.63) is 11.8 Å². The van der Waals surface area contributed by atoms with Crippen molar-refractivity contribution in [1.29, 1.82) is 0 Å². The molecule has 0 saturated carbocycles. The monoisotopic (exact) mass is 282 g/mol. The summed E-state index contributed by atoms with van der Waals surface area (Å²) in [5, 5.41) is 8.78. The number of rotatable bonds is 8. The number of amides is 1. The molecule has 0 radical (unpaired) electrons. The fourth-order valence-corrected chi connectivity index (χ4v) is 2.46. The standard InChI is InChI=1S/C15H26N2O3/c1-4-17(13-7-5-6-8-13)14(18)11-16(12(2)3)10-9-15(19)20/h7,12H,4-6,8-11H2,1-3H3,(H,19,20). The van der Waals surface area contributed by atoms with E-state index in [1.54, 1.807) is 0 Å². The molecule has 1 amide bonds. The number of carboxylic acid groups (broad SMARTS) is 1. The average molecular weight is 282 g/mol. The Bertz CT molecular complexity index is 377. The van der Waals surface area contributed by atoms with Crippen LogP contribution in [0.4, 0.5) is 0 Å². The average Bonchev–Trinajstić information content (AvgIpc) is 2.88. The molecule has 114 valence electrons. The molecule has 0 aliphatic heterocycles. The van der Waals surface area contributed by atoms with Gasteiger partial charge < -0.3 is 10.0 Å². The Kier molecular flexibility index (Phi) is 6.71. The first kappa shape index (κ1) is 16.7. The van der Waals surface area contributed by atoms with Gasteiger partial charge in [-0.2, -0.15) is 0 Å². The second kappa shape index (κ2) is 8.04. The van der Waals surface area contributed by atoms with Gasteiger partial charge in [0.25, 0.3) is 0 Å². The minimum Gasteiger partial charge on any atom is -0.481 e. The molecule has 1 N–H and O–H groups in total. The van der Waals surface area contributed by atoms with E-state index in [0.717, 1.165) is 25.0 Å². The van der Waals surface area contributed by atoms with Crippen LogP contribution in [-0.2, 0) is 9.59 Å². The van der Waals surface area contributed by atoms with Crippen LogP contribution in [0.1, 0.15) is 46.5 Å². The van der Waals surface area contributed by atoms with Crippen LogP contribution < -0.4 is 0 Å². The molecule has 0 atom stereocenters. The van der Waals surface area contributed by atoms with Crippen LogP contribution in [0.25, 0.3) is 0 Å². The molecule has 0 heterocycles. The third-order valence-corrected chi connectivity index (χ3v) is 3.66. The quantitative estimate of drug-likeness (QED) is 0.740. The van der Waals surface area contributed by atoms with E-state index in [-0.39, 0.29) is 24.9 Å². The van der Waals surface area contributed by atoms with Crippen LogP contribution in [0.15, 0.2) is 11.8 Å². The van der Waals surface area contributed by atoms with Crippen molar-refractivity contribution >= 4 is 11.9 Å². The molecule has 0 bridgehead atoms. The first-order valence-corrected chi connectivity index (χ1v) is 7.41. The van der Waals surface area contributed by atoms with Gasteiger partial charge in [0.15, 0.2) is 0 Å². The van der Waals surface area contributed by atoms with Crippen molar-refractivity contribution in [2.75, 3.05) is 19.6 Å². The van der Waals surface area contributed by atoms with Gasteiger partial charge in [0.05, 0.1) is 13.0 Å². The molecule has 20 heavy (non-hydrogen) atoms. The van der Waals surface area contributed by atoms with Crippen molar-refractivity contribution in [3.8, 4) is 0 Å². The Labute approximate surface area is 121 Å². The van der Waals surface area contributed by atoms with Crippen molar-refractivity contribution < 1.29 is 14.7 Å². The predicted octanol–water partition coefficient (Wildman–Crippen LogP) is 2.09. The molecule has 0 fully saturated rings. The highest BCUT2D eigenvalue weighted by Gasteiger charge is 2.22. The number of carboxylic acids is 1. The molecule has 0 aromatic heterocycles. The van der Waals surface area contributed by atoms with Gasteiger partial charge in [-0.3, -0.25) is 14.5 Å². The number of hydrogen-bond acceptors (Lipinski definition) is 3. The van der Waals surface area contributed by atoms with Crippen molar-refractivity contribution in [3.63, 3.8) is 0 Å². The number of allylic oxidation sites excluding steroid dienone is 2. The Morgan fingerprint density at radius 2 is 2.10 bits per heavy atom. The lowest BCUT2D eigenvalue weighted by Crippen LogP contribution is -2.43. The Balaban J connectivity index is 2.61. The van der Waals surface area contributed by atoms with Crippen LogP contribution in [0, 0.1) is 0 Å². The van der Waals surface area contributed by atoms with Gasteiger partial charge in [-0.05, 0) is 40.0 Å². The molecule has 0 saturated heterocycles. The first-order chi connectivity index (χ1) is 9.45. The van der Waals surface area contributed by atoms with Gasteiger partial charge in [0, 0.05) is 24.8 Å². The molecule has 0 aromatic carbocycles. The van der Waals surface area contributed by atoms with E-state index in [1.807, 2.05) is 30.6 Å². The summed E-state index contributed by atoms with van der Waals surface area (Å²) in [4.78, 5) is 26.9. The van der Waals surface area contributed by atoms with Gasteiger partial charge in [0.2, 0.25) is 5.91 Å². The van der Waals surface area contributed by atoms with Crippen molar-refractivity contribution in [2.45, 2.75) is 52.5 Å². The van der Waals surface area contributed by atoms with Crippen LogP contribution in [-0.4, -0.2) is 52.5 Å². The minimum atomic E-state index is -0.825. The normalized spacial score (nSPS) is 14.8. The van der Waals surface area contributed by atoms with E-state index in [0.29, 0.717) is 13.1 Å². The van der Waals surface area contributed by atoms with E-state index in [2.05, 4.69) is 6.08 Å². The molecule has 5 heteroatoms. The van der Waals surface area contributed by atoms with Gasteiger partial charge in [0.1, 0.15) is 0 Å². The minimum absolute atomic E-state index is 0.0692. The number of hydrogen-bond donors (Lipinski definition) is 1. The van der Waals surface area contributed by atoms with Gasteiger partial charge in [-0.25, -0.2) is 0 Å². The Morgan fingerprint density at radius 3 is 2.55 bits per heavy atom. The Hall–Kier alpha value is -1.36. The summed E-state index contributed by atoms with van der Waals surface area (Å²) >= 11 is 0. The zero-order valence-electron chi connectivity index (χ0n) is 12.8. The van der Waals surface area contributed by atoms with Gasteiger partial charge >= 0.3 is 5.97 Å². The molecular formula is C15H26N2O3. The topological polar surface area (TPSA) is 60.9 Å². The first-order valence-electron chi connectivity index (χ1n) is 7.41. The summed E-state index contributed by atoms with van der Waals surface area (Å²) in [6.07, 6.45) is 5.34. The summed E-state index contributed by atoms with van der Waals surface area (Å²) in [6.45, 7) is 7.33. The molecule has 1 aliphatic carbocycles. The third-order valence-electron chi connectivity index (χ3n) is 3.66. The lowest BCUT2D eigenvalue weighted by Gasteiger charge is -2.29. The number of likely N-dealkylation sites (N-methyl/N-ethyl adjacent to an activating group) is 1. The fraction of sp³-hybridized carbons (Fsp3) is 0.733. The van der Waals surface area contributed by atoms with Crippen molar-refractivity contribution in [1.82, 2.24) is 9.80 Å². The maximum atomic E-state index is 12.4. The second-order valence-electron chi connectivity index (χ2n) is 5.43. The molecule has 1 rings (SSSR count). The van der Waals surface area contributed by atoms with Gasteiger partial charge in [-0.1, -0.05) is 6.08 Å².